The smallest absolute Gasteiger partial charge is 0.322 e. The second-order valence-corrected chi connectivity index (χ2v) is 11.3. The number of anilines is 2. The Bertz CT molecular complexity index is 1410. The molecule has 4 rings (SSSR count). The molecule has 0 fully saturated rings. The molecule has 1 atom stereocenters. The number of aromatic nitrogens is 4. The quantitative estimate of drug-likeness (QED) is 0.241. The minimum Gasteiger partial charge on any atom is -0.331 e. The summed E-state index contributed by atoms with van der Waals surface area (Å²) < 4.78 is 0. The Morgan fingerprint density at radius 2 is 1.50 bits per heavy atom. The van der Waals surface area contributed by atoms with Gasteiger partial charge in [0.2, 0.25) is 0 Å². The van der Waals surface area contributed by atoms with Gasteiger partial charge < -0.3 is 5.32 Å². The van der Waals surface area contributed by atoms with Crippen LogP contribution in [0.25, 0.3) is 0 Å². The van der Waals surface area contributed by atoms with Crippen molar-refractivity contribution in [2.24, 2.45) is 0 Å². The van der Waals surface area contributed by atoms with E-state index in [2.05, 4.69) is 102 Å². The summed E-state index contributed by atoms with van der Waals surface area (Å²) in [4.78, 5) is 27.9. The van der Waals surface area contributed by atoms with Crippen LogP contribution in [0.15, 0.2) is 72.8 Å². The van der Waals surface area contributed by atoms with Gasteiger partial charge in [-0.3, -0.25) is 15.0 Å². The van der Waals surface area contributed by atoms with Crippen LogP contribution in [-0.4, -0.2) is 32.6 Å². The van der Waals surface area contributed by atoms with Gasteiger partial charge in [0.15, 0.2) is 0 Å². The zero-order valence-corrected chi connectivity index (χ0v) is 23.9. The lowest BCUT2D eigenvalue weighted by Crippen LogP contribution is -2.40. The van der Waals surface area contributed by atoms with Crippen molar-refractivity contribution in [1.29, 1.82) is 0 Å². The monoisotopic (exact) mass is 539 g/mol. The largest absolute Gasteiger partial charge is 0.331 e. The molecular formula is C31H37N7O2. The van der Waals surface area contributed by atoms with E-state index in [4.69, 9.17) is 0 Å². The summed E-state index contributed by atoms with van der Waals surface area (Å²) in [5.74, 6) is 0.197. The predicted molar refractivity (Wildman–Crippen MR) is 157 cm³/mol. The Kier molecular flexibility index (Phi) is 8.62. The number of nitrogens with zero attached hydrogens (tertiary/aromatic N) is 4. The molecule has 0 aliphatic carbocycles. The van der Waals surface area contributed by atoms with Gasteiger partial charge in [-0.1, -0.05) is 88.2 Å². The SMILES string of the molecule is CC(C)c1ccc(C(C)NC(=O)N(Cc2ccc(C(=O)Nc3nn[nH]n3)cc2)c2ccc(C(C)(C)C)cc2)cc1. The summed E-state index contributed by atoms with van der Waals surface area (Å²) >= 11 is 0. The average Bonchev–Trinajstić information content (AvgIpc) is 3.44. The molecule has 9 nitrogen and oxygen atoms in total. The van der Waals surface area contributed by atoms with Crippen molar-refractivity contribution < 1.29 is 9.59 Å². The van der Waals surface area contributed by atoms with Gasteiger partial charge in [0, 0.05) is 11.3 Å². The molecule has 1 unspecified atom stereocenters. The van der Waals surface area contributed by atoms with Crippen LogP contribution >= 0.6 is 0 Å². The number of urea groups is 1. The lowest BCUT2D eigenvalue weighted by Gasteiger charge is -2.27. The number of nitrogens with one attached hydrogen (secondary N) is 3. The van der Waals surface area contributed by atoms with Crippen molar-refractivity contribution in [2.45, 2.75) is 65.5 Å². The van der Waals surface area contributed by atoms with Gasteiger partial charge in [0.25, 0.3) is 11.9 Å². The van der Waals surface area contributed by atoms with Gasteiger partial charge in [0.1, 0.15) is 0 Å². The minimum atomic E-state index is -0.349. The van der Waals surface area contributed by atoms with Crippen LogP contribution in [-0.2, 0) is 12.0 Å². The number of hydrogen-bond acceptors (Lipinski definition) is 5. The molecule has 0 aliphatic heterocycles. The van der Waals surface area contributed by atoms with E-state index in [1.54, 1.807) is 17.0 Å². The molecule has 40 heavy (non-hydrogen) atoms. The number of H-pyrrole nitrogens is 1. The molecule has 0 aliphatic rings. The van der Waals surface area contributed by atoms with Gasteiger partial charge in [-0.2, -0.15) is 5.21 Å². The van der Waals surface area contributed by atoms with Crippen LogP contribution in [0.5, 0.6) is 0 Å². The van der Waals surface area contributed by atoms with E-state index in [-0.39, 0.29) is 29.3 Å². The highest BCUT2D eigenvalue weighted by atomic mass is 16.2. The molecule has 9 heteroatoms. The predicted octanol–water partition coefficient (Wildman–Crippen LogP) is 6.35. The van der Waals surface area contributed by atoms with Gasteiger partial charge in [-0.05, 0) is 70.0 Å². The Morgan fingerprint density at radius 1 is 0.875 bits per heavy atom. The highest BCUT2D eigenvalue weighted by molar-refractivity contribution is 6.03. The molecule has 3 amide bonds. The molecule has 3 aromatic carbocycles. The first-order valence-corrected chi connectivity index (χ1v) is 13.4. The number of amides is 3. The fourth-order valence-corrected chi connectivity index (χ4v) is 4.27. The van der Waals surface area contributed by atoms with Crippen molar-refractivity contribution in [1.82, 2.24) is 25.9 Å². The number of hydrogen-bond donors (Lipinski definition) is 3. The van der Waals surface area contributed by atoms with Crippen molar-refractivity contribution in [2.75, 3.05) is 10.2 Å². The molecule has 0 spiro atoms. The van der Waals surface area contributed by atoms with E-state index in [1.807, 2.05) is 31.2 Å². The van der Waals surface area contributed by atoms with Crippen molar-refractivity contribution >= 4 is 23.6 Å². The van der Waals surface area contributed by atoms with E-state index in [0.717, 1.165) is 16.8 Å². The first-order chi connectivity index (χ1) is 19.0. The Hall–Kier alpha value is -4.53. The topological polar surface area (TPSA) is 116 Å². The number of rotatable bonds is 8. The van der Waals surface area contributed by atoms with E-state index in [0.29, 0.717) is 18.0 Å². The minimum absolute atomic E-state index is 0.000184. The maximum Gasteiger partial charge on any atom is 0.322 e. The number of aromatic amines is 1. The normalized spacial score (nSPS) is 12.2. The maximum atomic E-state index is 13.7. The summed E-state index contributed by atoms with van der Waals surface area (Å²) in [5.41, 5.74) is 5.59. The lowest BCUT2D eigenvalue weighted by atomic mass is 9.87. The maximum absolute atomic E-state index is 13.7. The number of carbonyl (C=O) groups is 2. The van der Waals surface area contributed by atoms with E-state index in [1.165, 1.54) is 11.1 Å². The standard InChI is InChI=1S/C31H37N7O2/c1-20(2)23-11-13-24(14-12-23)21(3)32-30(40)38(27-17-15-26(16-18-27)31(4,5)6)19-22-7-9-25(10-8-22)28(39)33-29-34-36-37-35-29/h7-18,20-21H,19H2,1-6H3,(H,32,40)(H2,33,34,35,36,37,39). The molecular weight excluding hydrogens is 502 g/mol. The average molecular weight is 540 g/mol. The van der Waals surface area contributed by atoms with Gasteiger partial charge in [-0.25, -0.2) is 4.79 Å². The van der Waals surface area contributed by atoms with Gasteiger partial charge in [0.05, 0.1) is 12.6 Å². The molecule has 1 aromatic heterocycles. The first kappa shape index (κ1) is 28.5. The van der Waals surface area contributed by atoms with E-state index in [9.17, 15) is 9.59 Å². The molecule has 4 aromatic rings. The number of benzene rings is 3. The van der Waals surface area contributed by atoms with E-state index < -0.39 is 0 Å². The van der Waals surface area contributed by atoms with Crippen LogP contribution < -0.4 is 15.5 Å². The van der Waals surface area contributed by atoms with Crippen molar-refractivity contribution in [3.05, 3.63) is 101 Å². The molecule has 0 saturated heterocycles. The molecule has 208 valence electrons. The molecule has 3 N–H and O–H groups in total. The summed E-state index contributed by atoms with van der Waals surface area (Å²) in [5, 5.41) is 19.0. The van der Waals surface area contributed by atoms with Crippen LogP contribution in [0.2, 0.25) is 0 Å². The van der Waals surface area contributed by atoms with Crippen LogP contribution in [0, 0.1) is 0 Å². The third kappa shape index (κ3) is 7.11. The lowest BCUT2D eigenvalue weighted by molar-refractivity contribution is 0.102. The second kappa shape index (κ2) is 12.1. The third-order valence-corrected chi connectivity index (χ3v) is 6.86. The number of tetrazole rings is 1. The summed E-state index contributed by atoms with van der Waals surface area (Å²) in [7, 11) is 0. The third-order valence-electron chi connectivity index (χ3n) is 6.86. The van der Waals surface area contributed by atoms with Crippen LogP contribution in [0.1, 0.15) is 86.1 Å². The van der Waals surface area contributed by atoms with E-state index >= 15 is 0 Å². The zero-order chi connectivity index (χ0) is 28.9. The highest BCUT2D eigenvalue weighted by Crippen LogP contribution is 2.27. The van der Waals surface area contributed by atoms with Gasteiger partial charge >= 0.3 is 6.03 Å². The summed E-state index contributed by atoms with van der Waals surface area (Å²) in [6.07, 6.45) is 0. The highest BCUT2D eigenvalue weighted by Gasteiger charge is 2.21. The van der Waals surface area contributed by atoms with Gasteiger partial charge in [-0.15, -0.1) is 5.10 Å². The summed E-state index contributed by atoms with van der Waals surface area (Å²) in [6, 6.07) is 23.2. The molecule has 0 radical (unpaired) electrons. The van der Waals surface area contributed by atoms with Crippen molar-refractivity contribution in [3.63, 3.8) is 0 Å². The molecule has 0 saturated carbocycles. The fraction of sp³-hybridized carbons (Fsp3) is 0.323. The number of carbonyl (C=O) groups excluding carboxylic acids is 2. The molecule has 0 bridgehead atoms. The van der Waals surface area contributed by atoms with Crippen LogP contribution in [0.4, 0.5) is 16.4 Å². The second-order valence-electron chi connectivity index (χ2n) is 11.3. The molecule has 1 heterocycles. The Morgan fingerprint density at radius 3 is 2.05 bits per heavy atom. The van der Waals surface area contributed by atoms with Crippen LogP contribution in [0.3, 0.4) is 0 Å². The summed E-state index contributed by atoms with van der Waals surface area (Å²) in [6.45, 7) is 13.1. The fourth-order valence-electron chi connectivity index (χ4n) is 4.27. The Labute approximate surface area is 235 Å². The Balaban J connectivity index is 1.54. The zero-order valence-electron chi connectivity index (χ0n) is 23.9. The first-order valence-electron chi connectivity index (χ1n) is 13.4. The van der Waals surface area contributed by atoms with Crippen molar-refractivity contribution in [3.8, 4) is 0 Å².